The monoisotopic (exact) mass is 302 g/mol. The first kappa shape index (κ1) is 15.8. The van der Waals surface area contributed by atoms with E-state index in [4.69, 9.17) is 4.74 Å². The van der Waals surface area contributed by atoms with Gasteiger partial charge < -0.3 is 10.1 Å². The van der Waals surface area contributed by atoms with Crippen molar-refractivity contribution in [2.24, 2.45) is 0 Å². The second-order valence-corrected chi connectivity index (χ2v) is 4.85. The van der Waals surface area contributed by atoms with Crippen molar-refractivity contribution >= 4 is 5.91 Å². The third-order valence-electron chi connectivity index (χ3n) is 3.41. The summed E-state index contributed by atoms with van der Waals surface area (Å²) in [6, 6.07) is 5.40. The first-order chi connectivity index (χ1) is 9.91. The Balaban J connectivity index is 2.17. The van der Waals surface area contributed by atoms with Crippen LogP contribution in [0.3, 0.4) is 0 Å². The fraction of sp³-hybridized carbons (Fsp3) is 0.500. The van der Waals surface area contributed by atoms with Crippen LogP contribution in [0.15, 0.2) is 24.3 Å². The van der Waals surface area contributed by atoms with E-state index in [0.29, 0.717) is 13.2 Å². The number of carbonyl (C=O) groups is 1. The number of nitrogens with zero attached hydrogens (tertiary/aromatic N) is 1. The maximum atomic E-state index is 13.0. The van der Waals surface area contributed by atoms with E-state index in [0.717, 1.165) is 6.07 Å². The number of nitrogens with one attached hydrogen (secondary N) is 1. The van der Waals surface area contributed by atoms with Crippen molar-refractivity contribution in [1.29, 1.82) is 0 Å². The van der Waals surface area contributed by atoms with Gasteiger partial charge in [-0.2, -0.15) is 13.2 Å². The van der Waals surface area contributed by atoms with Crippen LogP contribution in [0.1, 0.15) is 17.2 Å². The maximum Gasteiger partial charge on any atom is 0.416 e. The SMILES string of the molecule is CNC(=O)CN1CCO[C@H](c2ccccc2C(F)(F)F)C1. The number of likely N-dealkylation sites (N-methyl/N-ethyl adjacent to an activating group) is 1. The molecule has 0 saturated carbocycles. The van der Waals surface area contributed by atoms with Crippen LogP contribution in [-0.4, -0.2) is 44.1 Å². The molecule has 1 aromatic rings. The van der Waals surface area contributed by atoms with Crippen LogP contribution in [0.2, 0.25) is 0 Å². The molecule has 2 rings (SSSR count). The predicted octanol–water partition coefficient (Wildman–Crippen LogP) is 1.82. The molecule has 0 unspecified atom stereocenters. The highest BCUT2D eigenvalue weighted by molar-refractivity contribution is 5.77. The molecule has 4 nitrogen and oxygen atoms in total. The maximum absolute atomic E-state index is 13.0. The van der Waals surface area contributed by atoms with Crippen molar-refractivity contribution in [2.45, 2.75) is 12.3 Å². The molecule has 1 aliphatic rings. The summed E-state index contributed by atoms with van der Waals surface area (Å²) in [4.78, 5) is 13.2. The van der Waals surface area contributed by atoms with Crippen molar-refractivity contribution in [2.75, 3.05) is 33.3 Å². The number of hydrogen-bond acceptors (Lipinski definition) is 3. The standard InChI is InChI=1S/C14H17F3N2O2/c1-18-13(20)9-19-6-7-21-12(8-19)10-4-2-3-5-11(10)14(15,16)17/h2-5,12H,6-9H2,1H3,(H,18,20)/t12-/m0/s1. The van der Waals surface area contributed by atoms with Gasteiger partial charge in [0.15, 0.2) is 0 Å². The van der Waals surface area contributed by atoms with Gasteiger partial charge in [-0.1, -0.05) is 18.2 Å². The molecule has 1 atom stereocenters. The summed E-state index contributed by atoms with van der Waals surface area (Å²) in [5.74, 6) is -0.167. The third-order valence-corrected chi connectivity index (χ3v) is 3.41. The zero-order chi connectivity index (χ0) is 15.5. The van der Waals surface area contributed by atoms with Crippen molar-refractivity contribution in [3.05, 3.63) is 35.4 Å². The van der Waals surface area contributed by atoms with E-state index in [9.17, 15) is 18.0 Å². The second-order valence-electron chi connectivity index (χ2n) is 4.85. The fourth-order valence-electron chi connectivity index (χ4n) is 2.35. The highest BCUT2D eigenvalue weighted by atomic mass is 19.4. The Morgan fingerprint density at radius 1 is 1.43 bits per heavy atom. The largest absolute Gasteiger partial charge is 0.416 e. The Morgan fingerprint density at radius 2 is 2.14 bits per heavy atom. The van der Waals surface area contributed by atoms with E-state index in [1.165, 1.54) is 19.2 Å². The molecule has 116 valence electrons. The van der Waals surface area contributed by atoms with Gasteiger partial charge in [0.1, 0.15) is 0 Å². The zero-order valence-corrected chi connectivity index (χ0v) is 11.6. The molecular weight excluding hydrogens is 285 g/mol. The summed E-state index contributed by atoms with van der Waals surface area (Å²) in [5, 5.41) is 2.50. The van der Waals surface area contributed by atoms with Gasteiger partial charge in [-0.25, -0.2) is 0 Å². The molecule has 0 aromatic heterocycles. The van der Waals surface area contributed by atoms with E-state index in [-0.39, 0.29) is 24.6 Å². The van der Waals surface area contributed by atoms with Crippen LogP contribution in [0.5, 0.6) is 0 Å². The Bertz CT molecular complexity index is 505. The predicted molar refractivity (Wildman–Crippen MR) is 70.6 cm³/mol. The lowest BCUT2D eigenvalue weighted by Gasteiger charge is -2.33. The number of benzene rings is 1. The lowest BCUT2D eigenvalue weighted by molar-refractivity contribution is -0.141. The molecule has 1 fully saturated rings. The molecule has 1 aliphatic heterocycles. The van der Waals surface area contributed by atoms with Crippen LogP contribution in [0.4, 0.5) is 13.2 Å². The number of ether oxygens (including phenoxy) is 1. The average Bonchev–Trinajstić information content (AvgIpc) is 2.46. The van der Waals surface area contributed by atoms with Gasteiger partial charge in [-0.3, -0.25) is 9.69 Å². The quantitative estimate of drug-likeness (QED) is 0.926. The van der Waals surface area contributed by atoms with Crippen molar-refractivity contribution in [1.82, 2.24) is 10.2 Å². The third kappa shape index (κ3) is 3.95. The minimum atomic E-state index is -4.41. The van der Waals surface area contributed by atoms with Crippen LogP contribution in [0, 0.1) is 0 Å². The van der Waals surface area contributed by atoms with Crippen molar-refractivity contribution < 1.29 is 22.7 Å². The summed E-state index contributed by atoms with van der Waals surface area (Å²) < 4.78 is 44.6. The first-order valence-corrected chi connectivity index (χ1v) is 6.62. The number of carbonyl (C=O) groups excluding carboxylic acids is 1. The topological polar surface area (TPSA) is 41.6 Å². The molecule has 0 spiro atoms. The van der Waals surface area contributed by atoms with E-state index in [1.54, 1.807) is 11.0 Å². The first-order valence-electron chi connectivity index (χ1n) is 6.62. The Morgan fingerprint density at radius 3 is 2.81 bits per heavy atom. The molecule has 1 heterocycles. The second kappa shape index (κ2) is 6.44. The number of halogens is 3. The van der Waals surface area contributed by atoms with Gasteiger partial charge in [-0.15, -0.1) is 0 Å². The Hall–Kier alpha value is -1.60. The summed E-state index contributed by atoms with van der Waals surface area (Å²) in [6.45, 7) is 1.25. The summed E-state index contributed by atoms with van der Waals surface area (Å²) in [5.41, 5.74) is -0.566. The highest BCUT2D eigenvalue weighted by Crippen LogP contribution is 2.36. The van der Waals surface area contributed by atoms with E-state index < -0.39 is 17.8 Å². The minimum Gasteiger partial charge on any atom is -0.371 e. The molecule has 1 amide bonds. The number of alkyl halides is 3. The molecule has 7 heteroatoms. The van der Waals surface area contributed by atoms with Crippen LogP contribution in [-0.2, 0) is 15.7 Å². The van der Waals surface area contributed by atoms with E-state index >= 15 is 0 Å². The Labute approximate surface area is 120 Å². The summed E-state index contributed by atoms with van der Waals surface area (Å²) in [6.07, 6.45) is -5.09. The molecule has 1 saturated heterocycles. The van der Waals surface area contributed by atoms with E-state index in [2.05, 4.69) is 5.32 Å². The molecule has 1 aromatic carbocycles. The van der Waals surface area contributed by atoms with Gasteiger partial charge in [0, 0.05) is 20.1 Å². The normalized spacial score (nSPS) is 20.3. The minimum absolute atomic E-state index is 0.117. The van der Waals surface area contributed by atoms with Crippen molar-refractivity contribution in [3.8, 4) is 0 Å². The van der Waals surface area contributed by atoms with Gasteiger partial charge in [0.2, 0.25) is 5.91 Å². The molecule has 1 N–H and O–H groups in total. The van der Waals surface area contributed by atoms with E-state index in [1.807, 2.05) is 0 Å². The average molecular weight is 302 g/mol. The smallest absolute Gasteiger partial charge is 0.371 e. The molecule has 0 radical (unpaired) electrons. The molecule has 0 bridgehead atoms. The highest BCUT2D eigenvalue weighted by Gasteiger charge is 2.36. The number of amides is 1. The lowest BCUT2D eigenvalue weighted by atomic mass is 10.0. The molecular formula is C14H17F3N2O2. The Kier molecular flexibility index (Phi) is 4.84. The molecule has 0 aliphatic carbocycles. The van der Waals surface area contributed by atoms with Gasteiger partial charge >= 0.3 is 6.18 Å². The van der Waals surface area contributed by atoms with Crippen LogP contribution in [0.25, 0.3) is 0 Å². The lowest BCUT2D eigenvalue weighted by Crippen LogP contribution is -2.43. The zero-order valence-electron chi connectivity index (χ0n) is 11.6. The van der Waals surface area contributed by atoms with Crippen molar-refractivity contribution in [3.63, 3.8) is 0 Å². The molecule has 21 heavy (non-hydrogen) atoms. The number of rotatable bonds is 3. The van der Waals surface area contributed by atoms with Crippen LogP contribution < -0.4 is 5.32 Å². The van der Waals surface area contributed by atoms with Crippen LogP contribution >= 0.6 is 0 Å². The fourth-order valence-corrected chi connectivity index (χ4v) is 2.35. The number of hydrogen-bond donors (Lipinski definition) is 1. The summed E-state index contributed by atoms with van der Waals surface area (Å²) >= 11 is 0. The number of morpholine rings is 1. The van der Waals surface area contributed by atoms with Gasteiger partial charge in [0.05, 0.1) is 24.8 Å². The summed E-state index contributed by atoms with van der Waals surface area (Å²) in [7, 11) is 1.53. The van der Waals surface area contributed by atoms with Gasteiger partial charge in [0.25, 0.3) is 0 Å². The van der Waals surface area contributed by atoms with Gasteiger partial charge in [-0.05, 0) is 11.6 Å².